The number of esters is 1. The molecule has 2 rings (SSSR count). The van der Waals surface area contributed by atoms with Crippen LogP contribution in [0.2, 0.25) is 0 Å². The molecule has 0 unspecified atom stereocenters. The molecular weight excluding hydrogens is 312 g/mol. The highest BCUT2D eigenvalue weighted by molar-refractivity contribution is 5.76. The fourth-order valence-corrected chi connectivity index (χ4v) is 4.65. The summed E-state index contributed by atoms with van der Waals surface area (Å²) < 4.78 is 5.59. The number of hydrogen-bond acceptors (Lipinski definition) is 3. The van der Waals surface area contributed by atoms with Crippen LogP contribution in [0.5, 0.6) is 0 Å². The van der Waals surface area contributed by atoms with E-state index in [1.165, 1.54) is 18.1 Å². The molecule has 3 nitrogen and oxygen atoms in total. The number of carbonyl (C=O) groups is 2. The Hall–Kier alpha value is -1.64. The topological polar surface area (TPSA) is 43.4 Å². The standard InChI is InChI=1S/C22H32O3/c1-15(2)19-11-12-22(5)13-21(25-17(4)24)18(14-23)8-6-7-16(3)9-10-20(19)22/h8-9,14,19-21H,1,6-7,10-13H2,2-5H3/b16-9+,18-8+/t19-,20-,21-,22+/m1/s1. The Kier molecular flexibility index (Phi) is 6.42. The van der Waals surface area contributed by atoms with Crippen molar-refractivity contribution in [1.29, 1.82) is 0 Å². The van der Waals surface area contributed by atoms with E-state index in [4.69, 9.17) is 4.74 Å². The first-order valence-corrected chi connectivity index (χ1v) is 9.40. The monoisotopic (exact) mass is 344 g/mol. The summed E-state index contributed by atoms with van der Waals surface area (Å²) in [6.07, 6.45) is 10.4. The molecule has 25 heavy (non-hydrogen) atoms. The third kappa shape index (κ3) is 4.71. The predicted octanol–water partition coefficient (Wildman–Crippen LogP) is 5.17. The lowest BCUT2D eigenvalue weighted by Gasteiger charge is -2.36. The van der Waals surface area contributed by atoms with E-state index in [-0.39, 0.29) is 11.4 Å². The van der Waals surface area contributed by atoms with Gasteiger partial charge in [-0.05, 0) is 69.6 Å². The number of aldehydes is 1. The molecule has 3 heteroatoms. The first-order valence-electron chi connectivity index (χ1n) is 9.40. The van der Waals surface area contributed by atoms with Crippen molar-refractivity contribution >= 4 is 12.3 Å². The smallest absolute Gasteiger partial charge is 0.303 e. The fourth-order valence-electron chi connectivity index (χ4n) is 4.65. The summed E-state index contributed by atoms with van der Waals surface area (Å²) in [5.74, 6) is 0.650. The highest BCUT2D eigenvalue weighted by atomic mass is 16.5. The summed E-state index contributed by atoms with van der Waals surface area (Å²) in [6.45, 7) is 12.2. The van der Waals surface area contributed by atoms with Gasteiger partial charge in [0, 0.05) is 12.5 Å². The maximum absolute atomic E-state index is 11.7. The van der Waals surface area contributed by atoms with E-state index in [0.717, 1.165) is 38.4 Å². The second-order valence-corrected chi connectivity index (χ2v) is 8.20. The van der Waals surface area contributed by atoms with E-state index in [2.05, 4.69) is 33.4 Å². The van der Waals surface area contributed by atoms with Gasteiger partial charge in [0.2, 0.25) is 0 Å². The molecule has 0 aromatic rings. The van der Waals surface area contributed by atoms with Gasteiger partial charge < -0.3 is 4.74 Å². The largest absolute Gasteiger partial charge is 0.458 e. The van der Waals surface area contributed by atoms with Crippen LogP contribution in [0.15, 0.2) is 35.5 Å². The molecule has 1 fully saturated rings. The number of allylic oxidation sites excluding steroid dienone is 4. The van der Waals surface area contributed by atoms with Gasteiger partial charge in [-0.25, -0.2) is 0 Å². The lowest BCUT2D eigenvalue weighted by atomic mass is 9.70. The van der Waals surface area contributed by atoms with Crippen LogP contribution < -0.4 is 0 Å². The molecule has 0 aromatic heterocycles. The Bertz CT molecular complexity index is 598. The molecule has 0 amide bonds. The lowest BCUT2D eigenvalue weighted by molar-refractivity contribution is -0.146. The highest BCUT2D eigenvalue weighted by Crippen LogP contribution is 2.54. The molecule has 4 atom stereocenters. The molecule has 2 aliphatic carbocycles. The molecular formula is C22H32O3. The minimum absolute atomic E-state index is 0.0347. The first-order chi connectivity index (χ1) is 11.8. The molecule has 0 saturated heterocycles. The summed E-state index contributed by atoms with van der Waals surface area (Å²) in [4.78, 5) is 23.3. The van der Waals surface area contributed by atoms with E-state index in [9.17, 15) is 9.59 Å². The number of carbonyl (C=O) groups excluding carboxylic acids is 2. The molecule has 0 aliphatic heterocycles. The van der Waals surface area contributed by atoms with Crippen LogP contribution in [-0.4, -0.2) is 18.4 Å². The summed E-state index contributed by atoms with van der Waals surface area (Å²) in [5.41, 5.74) is 3.25. The molecule has 138 valence electrons. The molecule has 0 bridgehead atoms. The van der Waals surface area contributed by atoms with Crippen LogP contribution in [0.1, 0.15) is 66.2 Å². The zero-order valence-electron chi connectivity index (χ0n) is 16.1. The third-order valence-electron chi connectivity index (χ3n) is 6.15. The van der Waals surface area contributed by atoms with Crippen molar-refractivity contribution in [3.63, 3.8) is 0 Å². The van der Waals surface area contributed by atoms with Gasteiger partial charge in [-0.3, -0.25) is 9.59 Å². The predicted molar refractivity (Wildman–Crippen MR) is 101 cm³/mol. The van der Waals surface area contributed by atoms with Gasteiger partial charge in [0.25, 0.3) is 0 Å². The third-order valence-corrected chi connectivity index (χ3v) is 6.15. The van der Waals surface area contributed by atoms with Gasteiger partial charge in [0.05, 0.1) is 0 Å². The Morgan fingerprint density at radius 3 is 2.68 bits per heavy atom. The Labute approximate surface area is 152 Å². The maximum atomic E-state index is 11.7. The Morgan fingerprint density at radius 1 is 1.36 bits per heavy atom. The molecule has 1 saturated carbocycles. The van der Waals surface area contributed by atoms with E-state index in [1.807, 2.05) is 6.08 Å². The van der Waals surface area contributed by atoms with E-state index in [1.54, 1.807) is 0 Å². The van der Waals surface area contributed by atoms with Gasteiger partial charge in [0.1, 0.15) is 12.4 Å². The summed E-state index contributed by atoms with van der Waals surface area (Å²) in [6, 6.07) is 0. The van der Waals surface area contributed by atoms with Crippen LogP contribution in [0, 0.1) is 17.3 Å². The number of hydrogen-bond donors (Lipinski definition) is 0. The average Bonchev–Trinajstić information content (AvgIpc) is 2.84. The van der Waals surface area contributed by atoms with Crippen LogP contribution in [-0.2, 0) is 14.3 Å². The first kappa shape index (κ1) is 19.7. The van der Waals surface area contributed by atoms with Crippen LogP contribution in [0.4, 0.5) is 0 Å². The normalized spacial score (nSPS) is 37.5. The number of fused-ring (bicyclic) bond motifs is 1. The SMILES string of the molecule is C=C(C)[C@H]1CC[C@@]2(C)C[C@@H](OC(C)=O)/C(C=O)=C/CC/C(C)=C/C[C@H]12. The van der Waals surface area contributed by atoms with Gasteiger partial charge in [-0.1, -0.05) is 36.8 Å². The van der Waals surface area contributed by atoms with Crippen molar-refractivity contribution in [2.45, 2.75) is 72.3 Å². The highest BCUT2D eigenvalue weighted by Gasteiger charge is 2.46. The Balaban J connectivity index is 2.42. The Morgan fingerprint density at radius 2 is 2.08 bits per heavy atom. The average molecular weight is 344 g/mol. The minimum Gasteiger partial charge on any atom is -0.458 e. The van der Waals surface area contributed by atoms with Crippen LogP contribution in [0.25, 0.3) is 0 Å². The molecule has 2 aliphatic rings. The van der Waals surface area contributed by atoms with Crippen molar-refractivity contribution in [3.8, 4) is 0 Å². The molecule has 0 aromatic carbocycles. The van der Waals surface area contributed by atoms with Crippen molar-refractivity contribution < 1.29 is 14.3 Å². The van der Waals surface area contributed by atoms with Crippen molar-refractivity contribution in [1.82, 2.24) is 0 Å². The van der Waals surface area contributed by atoms with Crippen molar-refractivity contribution in [3.05, 3.63) is 35.5 Å². The quantitative estimate of drug-likeness (QED) is 0.403. The molecule has 0 N–H and O–H groups in total. The van der Waals surface area contributed by atoms with Gasteiger partial charge in [-0.2, -0.15) is 0 Å². The summed E-state index contributed by atoms with van der Waals surface area (Å²) in [5, 5.41) is 0. The maximum Gasteiger partial charge on any atom is 0.303 e. The number of ether oxygens (including phenoxy) is 1. The second-order valence-electron chi connectivity index (χ2n) is 8.20. The van der Waals surface area contributed by atoms with Crippen LogP contribution in [0.3, 0.4) is 0 Å². The van der Waals surface area contributed by atoms with E-state index in [0.29, 0.717) is 23.8 Å². The van der Waals surface area contributed by atoms with Crippen LogP contribution >= 0.6 is 0 Å². The summed E-state index contributed by atoms with van der Waals surface area (Å²) >= 11 is 0. The number of rotatable bonds is 3. The van der Waals surface area contributed by atoms with Crippen molar-refractivity contribution in [2.75, 3.05) is 0 Å². The molecule has 0 heterocycles. The lowest BCUT2D eigenvalue weighted by Crippen LogP contribution is -2.33. The van der Waals surface area contributed by atoms with Crippen molar-refractivity contribution in [2.24, 2.45) is 17.3 Å². The minimum atomic E-state index is -0.440. The van der Waals surface area contributed by atoms with Gasteiger partial charge in [-0.15, -0.1) is 0 Å². The fraction of sp³-hybridized carbons (Fsp3) is 0.636. The summed E-state index contributed by atoms with van der Waals surface area (Å²) in [7, 11) is 0. The molecule has 0 spiro atoms. The second kappa shape index (κ2) is 8.16. The molecule has 0 radical (unpaired) electrons. The van der Waals surface area contributed by atoms with E-state index < -0.39 is 6.10 Å². The van der Waals surface area contributed by atoms with Gasteiger partial charge in [0.15, 0.2) is 0 Å². The zero-order valence-corrected chi connectivity index (χ0v) is 16.1. The zero-order chi connectivity index (χ0) is 18.6. The van der Waals surface area contributed by atoms with Gasteiger partial charge >= 0.3 is 5.97 Å². The van der Waals surface area contributed by atoms with E-state index >= 15 is 0 Å².